The van der Waals surface area contributed by atoms with E-state index in [0.717, 1.165) is 50.5 Å². The smallest absolute Gasteiger partial charge is 0.321 e. The van der Waals surface area contributed by atoms with Crippen molar-refractivity contribution in [2.45, 2.75) is 25.8 Å². The van der Waals surface area contributed by atoms with Crippen molar-refractivity contribution in [2.24, 2.45) is 5.92 Å². The number of piperidine rings is 1. The van der Waals surface area contributed by atoms with E-state index in [4.69, 9.17) is 4.74 Å². The molecule has 1 fully saturated rings. The van der Waals surface area contributed by atoms with Gasteiger partial charge in [-0.2, -0.15) is 0 Å². The van der Waals surface area contributed by atoms with Gasteiger partial charge < -0.3 is 14.5 Å². The summed E-state index contributed by atoms with van der Waals surface area (Å²) in [5, 5.41) is 0. The van der Waals surface area contributed by atoms with E-state index < -0.39 is 0 Å². The van der Waals surface area contributed by atoms with Crippen molar-refractivity contribution in [1.82, 2.24) is 19.8 Å². The standard InChI is InChI=1S/C26H31FN4O/c1-30(18-21-9-11-24(12-10-21)32-26-28-14-5-15-29-26)19-22-6-4-16-31(20-22)17-13-23-7-2-3-8-25(23)27/h2-3,5,7-12,14-15,22H,4,6,13,16-20H2,1H3/t22-/m0/s1. The zero-order valence-electron chi connectivity index (χ0n) is 18.7. The van der Waals surface area contributed by atoms with Gasteiger partial charge in [-0.15, -0.1) is 0 Å². The van der Waals surface area contributed by atoms with Gasteiger partial charge in [-0.25, -0.2) is 14.4 Å². The van der Waals surface area contributed by atoms with Gasteiger partial charge in [0.05, 0.1) is 0 Å². The van der Waals surface area contributed by atoms with Gasteiger partial charge in [0.2, 0.25) is 0 Å². The fraction of sp³-hybridized carbons (Fsp3) is 0.385. The van der Waals surface area contributed by atoms with Crippen molar-refractivity contribution in [1.29, 1.82) is 0 Å². The second-order valence-corrected chi connectivity index (χ2v) is 8.62. The Hall–Kier alpha value is -2.83. The molecule has 2 heterocycles. The van der Waals surface area contributed by atoms with Crippen LogP contribution in [-0.2, 0) is 13.0 Å². The second-order valence-electron chi connectivity index (χ2n) is 8.62. The molecule has 2 aromatic carbocycles. The first-order chi connectivity index (χ1) is 15.7. The fourth-order valence-electron chi connectivity index (χ4n) is 4.41. The average molecular weight is 435 g/mol. The highest BCUT2D eigenvalue weighted by Crippen LogP contribution is 2.21. The summed E-state index contributed by atoms with van der Waals surface area (Å²) in [5.41, 5.74) is 2.07. The van der Waals surface area contributed by atoms with Crippen LogP contribution in [0.1, 0.15) is 24.0 Å². The van der Waals surface area contributed by atoms with Gasteiger partial charge in [-0.1, -0.05) is 30.3 Å². The zero-order valence-corrected chi connectivity index (χ0v) is 18.7. The van der Waals surface area contributed by atoms with Crippen LogP contribution < -0.4 is 4.74 Å². The summed E-state index contributed by atoms with van der Waals surface area (Å²) < 4.78 is 19.6. The topological polar surface area (TPSA) is 41.5 Å². The molecule has 0 bridgehead atoms. The lowest BCUT2D eigenvalue weighted by Crippen LogP contribution is -2.40. The quantitative estimate of drug-likeness (QED) is 0.484. The lowest BCUT2D eigenvalue weighted by molar-refractivity contribution is 0.142. The van der Waals surface area contributed by atoms with Crippen LogP contribution in [0, 0.1) is 11.7 Å². The molecular weight excluding hydrogens is 403 g/mol. The molecule has 0 aliphatic carbocycles. The number of likely N-dealkylation sites (tertiary alicyclic amines) is 1. The molecule has 1 aromatic heterocycles. The van der Waals surface area contributed by atoms with Crippen molar-refractivity contribution >= 4 is 0 Å². The van der Waals surface area contributed by atoms with Crippen LogP contribution in [0.15, 0.2) is 67.0 Å². The van der Waals surface area contributed by atoms with Crippen LogP contribution in [-0.4, -0.2) is 53.0 Å². The molecule has 6 heteroatoms. The van der Waals surface area contributed by atoms with Gasteiger partial charge in [0.1, 0.15) is 11.6 Å². The Balaban J connectivity index is 1.22. The van der Waals surface area contributed by atoms with Crippen molar-refractivity contribution < 1.29 is 9.13 Å². The van der Waals surface area contributed by atoms with Crippen molar-refractivity contribution in [3.05, 3.63) is 83.9 Å². The SMILES string of the molecule is CN(Cc1ccc(Oc2ncccn2)cc1)C[C@@H]1CCCN(CCc2ccccc2F)C1. The Bertz CT molecular complexity index is 967. The van der Waals surface area contributed by atoms with E-state index in [1.165, 1.54) is 18.4 Å². The second kappa shape index (κ2) is 11.2. The molecule has 1 atom stereocenters. The van der Waals surface area contributed by atoms with Crippen LogP contribution in [0.2, 0.25) is 0 Å². The number of hydrogen-bond donors (Lipinski definition) is 0. The third-order valence-corrected chi connectivity index (χ3v) is 5.96. The summed E-state index contributed by atoms with van der Waals surface area (Å²) >= 11 is 0. The molecule has 1 saturated heterocycles. The maximum atomic E-state index is 13.9. The van der Waals surface area contributed by atoms with Gasteiger partial charge in [-0.3, -0.25) is 0 Å². The molecule has 32 heavy (non-hydrogen) atoms. The molecule has 0 spiro atoms. The van der Waals surface area contributed by atoms with E-state index in [1.807, 2.05) is 24.3 Å². The van der Waals surface area contributed by atoms with E-state index in [9.17, 15) is 4.39 Å². The summed E-state index contributed by atoms with van der Waals surface area (Å²) in [4.78, 5) is 13.1. The van der Waals surface area contributed by atoms with E-state index in [-0.39, 0.29) is 5.82 Å². The normalized spacial score (nSPS) is 16.9. The number of halogens is 1. The Kier molecular flexibility index (Phi) is 7.80. The van der Waals surface area contributed by atoms with Crippen molar-refractivity contribution in [3.8, 4) is 11.8 Å². The maximum absolute atomic E-state index is 13.9. The lowest BCUT2D eigenvalue weighted by Gasteiger charge is -2.34. The summed E-state index contributed by atoms with van der Waals surface area (Å²) in [6.07, 6.45) is 6.57. The minimum absolute atomic E-state index is 0.0893. The van der Waals surface area contributed by atoms with Gasteiger partial charge in [0.15, 0.2) is 0 Å². The maximum Gasteiger partial charge on any atom is 0.321 e. The molecule has 0 radical (unpaired) electrons. The minimum Gasteiger partial charge on any atom is -0.424 e. The van der Waals surface area contributed by atoms with Gasteiger partial charge in [0, 0.05) is 38.6 Å². The van der Waals surface area contributed by atoms with Gasteiger partial charge in [0.25, 0.3) is 0 Å². The summed E-state index contributed by atoms with van der Waals surface area (Å²) in [7, 11) is 2.18. The van der Waals surface area contributed by atoms with Crippen LogP contribution in [0.5, 0.6) is 11.8 Å². The highest BCUT2D eigenvalue weighted by atomic mass is 19.1. The first-order valence-corrected chi connectivity index (χ1v) is 11.3. The first kappa shape index (κ1) is 22.4. The highest BCUT2D eigenvalue weighted by Gasteiger charge is 2.21. The van der Waals surface area contributed by atoms with E-state index in [1.54, 1.807) is 30.6 Å². The number of rotatable bonds is 9. The Labute approximate surface area is 189 Å². The molecule has 5 nitrogen and oxygen atoms in total. The van der Waals surface area contributed by atoms with Crippen LogP contribution >= 0.6 is 0 Å². The number of hydrogen-bond acceptors (Lipinski definition) is 5. The molecule has 4 rings (SSSR count). The van der Waals surface area contributed by atoms with Crippen molar-refractivity contribution in [2.75, 3.05) is 33.2 Å². The molecule has 1 aliphatic rings. The van der Waals surface area contributed by atoms with Gasteiger partial charge in [-0.05, 0) is 74.2 Å². The van der Waals surface area contributed by atoms with Crippen LogP contribution in [0.25, 0.3) is 0 Å². The number of aromatic nitrogens is 2. The summed E-state index contributed by atoms with van der Waals surface area (Å²) in [5.74, 6) is 1.29. The molecule has 0 amide bonds. The van der Waals surface area contributed by atoms with E-state index in [0.29, 0.717) is 11.9 Å². The minimum atomic E-state index is -0.0893. The predicted molar refractivity (Wildman–Crippen MR) is 124 cm³/mol. The molecule has 3 aromatic rings. The van der Waals surface area contributed by atoms with E-state index >= 15 is 0 Å². The van der Waals surface area contributed by atoms with Gasteiger partial charge >= 0.3 is 6.01 Å². The molecule has 0 unspecified atom stereocenters. The number of nitrogens with zero attached hydrogens (tertiary/aromatic N) is 4. The molecule has 0 saturated carbocycles. The van der Waals surface area contributed by atoms with Crippen molar-refractivity contribution in [3.63, 3.8) is 0 Å². The lowest BCUT2D eigenvalue weighted by atomic mass is 9.97. The zero-order chi connectivity index (χ0) is 22.2. The number of ether oxygens (including phenoxy) is 1. The Morgan fingerprint density at radius 3 is 2.62 bits per heavy atom. The van der Waals surface area contributed by atoms with Crippen LogP contribution in [0.4, 0.5) is 4.39 Å². The molecule has 1 aliphatic heterocycles. The third kappa shape index (κ3) is 6.58. The third-order valence-electron chi connectivity index (χ3n) is 5.96. The molecule has 0 N–H and O–H groups in total. The molecule has 168 valence electrons. The fourth-order valence-corrected chi connectivity index (χ4v) is 4.41. The number of benzene rings is 2. The highest BCUT2D eigenvalue weighted by molar-refractivity contribution is 5.29. The summed E-state index contributed by atoms with van der Waals surface area (Å²) in [6, 6.07) is 17.4. The average Bonchev–Trinajstić information content (AvgIpc) is 2.81. The first-order valence-electron chi connectivity index (χ1n) is 11.3. The van der Waals surface area contributed by atoms with E-state index in [2.05, 4.69) is 38.9 Å². The summed E-state index contributed by atoms with van der Waals surface area (Å²) in [6.45, 7) is 5.08. The predicted octanol–water partition coefficient (Wildman–Crippen LogP) is 4.79. The Morgan fingerprint density at radius 1 is 1.06 bits per heavy atom. The monoisotopic (exact) mass is 434 g/mol. The molecular formula is C26H31FN4O. The van der Waals surface area contributed by atoms with Crippen LogP contribution in [0.3, 0.4) is 0 Å². The largest absolute Gasteiger partial charge is 0.424 e. The Morgan fingerprint density at radius 2 is 1.84 bits per heavy atom.